The zero-order chi connectivity index (χ0) is 13.4. The van der Waals surface area contributed by atoms with E-state index in [1.807, 2.05) is 0 Å². The average molecular weight is 293 g/mol. The van der Waals surface area contributed by atoms with E-state index in [0.717, 1.165) is 18.7 Å². The minimum Gasteiger partial charge on any atom is -0.389 e. The van der Waals surface area contributed by atoms with Gasteiger partial charge in [0.1, 0.15) is 5.02 Å². The summed E-state index contributed by atoms with van der Waals surface area (Å²) in [5, 5.41) is 9.61. The lowest BCUT2D eigenvalue weighted by Gasteiger charge is -2.36. The van der Waals surface area contributed by atoms with Crippen LogP contribution in [-0.4, -0.2) is 30.7 Å². The van der Waals surface area contributed by atoms with E-state index in [2.05, 4.69) is 9.71 Å². The molecule has 1 fully saturated rings. The molecule has 8 heteroatoms. The van der Waals surface area contributed by atoms with E-state index in [4.69, 9.17) is 11.6 Å². The zero-order valence-corrected chi connectivity index (χ0v) is 11.0. The topological polar surface area (TPSA) is 99.3 Å². The summed E-state index contributed by atoms with van der Waals surface area (Å²) >= 11 is 5.56. The summed E-state index contributed by atoms with van der Waals surface area (Å²) in [6.07, 6.45) is 3.13. The molecule has 1 saturated carbocycles. The molecular formula is C10H13ClN2O4S. The molecular weight excluding hydrogens is 280 g/mol. The van der Waals surface area contributed by atoms with E-state index in [1.165, 1.54) is 0 Å². The van der Waals surface area contributed by atoms with Crippen LogP contribution in [0.1, 0.15) is 19.3 Å². The van der Waals surface area contributed by atoms with Gasteiger partial charge in [0.25, 0.3) is 5.56 Å². The van der Waals surface area contributed by atoms with Crippen molar-refractivity contribution in [1.82, 2.24) is 9.71 Å². The maximum atomic E-state index is 11.9. The van der Waals surface area contributed by atoms with Crippen molar-refractivity contribution in [3.05, 3.63) is 27.6 Å². The van der Waals surface area contributed by atoms with E-state index in [9.17, 15) is 18.3 Å². The zero-order valence-electron chi connectivity index (χ0n) is 9.44. The Morgan fingerprint density at radius 2 is 2.17 bits per heavy atom. The molecule has 18 heavy (non-hydrogen) atoms. The van der Waals surface area contributed by atoms with Crippen LogP contribution in [0.2, 0.25) is 5.02 Å². The van der Waals surface area contributed by atoms with Gasteiger partial charge in [0.2, 0.25) is 10.0 Å². The van der Waals surface area contributed by atoms with Crippen molar-refractivity contribution in [3.8, 4) is 0 Å². The highest BCUT2D eigenvalue weighted by Gasteiger charge is 2.35. The molecule has 0 bridgehead atoms. The van der Waals surface area contributed by atoms with Crippen LogP contribution < -0.4 is 10.3 Å². The van der Waals surface area contributed by atoms with Crippen molar-refractivity contribution in [2.45, 2.75) is 29.8 Å². The molecule has 0 aliphatic heterocycles. The predicted octanol–water partition coefficient (Wildman–Crippen LogP) is 0.222. The van der Waals surface area contributed by atoms with Crippen LogP contribution in [0.25, 0.3) is 0 Å². The molecule has 0 radical (unpaired) electrons. The lowest BCUT2D eigenvalue weighted by atomic mass is 9.81. The van der Waals surface area contributed by atoms with Crippen molar-refractivity contribution >= 4 is 21.6 Å². The summed E-state index contributed by atoms with van der Waals surface area (Å²) in [6, 6.07) is 1.08. The van der Waals surface area contributed by atoms with Gasteiger partial charge in [-0.15, -0.1) is 0 Å². The van der Waals surface area contributed by atoms with E-state index in [0.29, 0.717) is 12.8 Å². The van der Waals surface area contributed by atoms with Crippen LogP contribution in [0.5, 0.6) is 0 Å². The fraction of sp³-hybridized carbons (Fsp3) is 0.500. The predicted molar refractivity (Wildman–Crippen MR) is 66.1 cm³/mol. The molecule has 3 N–H and O–H groups in total. The Hall–Kier alpha value is -0.890. The van der Waals surface area contributed by atoms with Gasteiger partial charge in [0, 0.05) is 12.7 Å². The molecule has 0 saturated heterocycles. The number of hydrogen-bond donors (Lipinski definition) is 3. The Morgan fingerprint density at radius 1 is 1.50 bits per heavy atom. The number of nitrogens with one attached hydrogen (secondary N) is 2. The normalized spacial score (nSPS) is 18.3. The van der Waals surface area contributed by atoms with Gasteiger partial charge in [-0.2, -0.15) is 0 Å². The number of aliphatic hydroxyl groups is 1. The van der Waals surface area contributed by atoms with Crippen LogP contribution in [0.3, 0.4) is 0 Å². The second-order valence-corrected chi connectivity index (χ2v) is 6.59. The Labute approximate surface area is 109 Å². The van der Waals surface area contributed by atoms with Gasteiger partial charge < -0.3 is 10.1 Å². The molecule has 0 spiro atoms. The first-order valence-electron chi connectivity index (χ1n) is 5.43. The molecule has 1 aromatic heterocycles. The molecule has 0 aromatic carbocycles. The summed E-state index contributed by atoms with van der Waals surface area (Å²) in [7, 11) is -3.77. The first kappa shape index (κ1) is 13.5. The first-order valence-corrected chi connectivity index (χ1v) is 7.29. The van der Waals surface area contributed by atoms with Gasteiger partial charge in [-0.3, -0.25) is 4.79 Å². The largest absolute Gasteiger partial charge is 0.389 e. The number of pyridine rings is 1. The fourth-order valence-corrected chi connectivity index (χ4v) is 3.02. The molecule has 100 valence electrons. The van der Waals surface area contributed by atoms with Crippen LogP contribution >= 0.6 is 11.6 Å². The Balaban J connectivity index is 2.15. The standard InChI is InChI=1S/C10H13ClN2O4S/c11-8-4-7(5-12-9(8)14)18(16,17)13-6-10(15)2-1-3-10/h4-5,13,15H,1-3,6H2,(H,12,14). The first-order chi connectivity index (χ1) is 8.32. The Bertz CT molecular complexity index is 607. The number of halogens is 1. The number of aromatic nitrogens is 1. The minimum atomic E-state index is -3.77. The number of rotatable bonds is 4. The van der Waals surface area contributed by atoms with Gasteiger partial charge in [-0.05, 0) is 25.3 Å². The number of hydrogen-bond acceptors (Lipinski definition) is 4. The van der Waals surface area contributed by atoms with Crippen LogP contribution in [-0.2, 0) is 10.0 Å². The molecule has 1 aliphatic carbocycles. The van der Waals surface area contributed by atoms with Crippen molar-refractivity contribution in [3.63, 3.8) is 0 Å². The maximum absolute atomic E-state index is 11.9. The van der Waals surface area contributed by atoms with Gasteiger partial charge in [-0.25, -0.2) is 13.1 Å². The SMILES string of the molecule is O=c1[nH]cc(S(=O)(=O)NCC2(O)CCC2)cc1Cl. The molecule has 1 heterocycles. The lowest BCUT2D eigenvalue weighted by molar-refractivity contribution is -0.0270. The minimum absolute atomic E-state index is 0.0356. The summed E-state index contributed by atoms with van der Waals surface area (Å²) in [6.45, 7) is -0.0356. The second kappa shape index (κ2) is 4.65. The summed E-state index contributed by atoms with van der Waals surface area (Å²) < 4.78 is 26.1. The van der Waals surface area contributed by atoms with Gasteiger partial charge in [0.05, 0.1) is 10.5 Å². The summed E-state index contributed by atoms with van der Waals surface area (Å²) in [4.78, 5) is 13.1. The third-order valence-corrected chi connectivity index (χ3v) is 4.68. The molecule has 2 rings (SSSR count). The molecule has 0 atom stereocenters. The summed E-state index contributed by atoms with van der Waals surface area (Å²) in [5.41, 5.74) is -1.49. The van der Waals surface area contributed by atoms with E-state index < -0.39 is 21.2 Å². The fourth-order valence-electron chi connectivity index (χ4n) is 1.67. The van der Waals surface area contributed by atoms with Gasteiger partial charge in [-0.1, -0.05) is 11.6 Å². The molecule has 1 aromatic rings. The molecule has 0 amide bonds. The number of H-pyrrole nitrogens is 1. The maximum Gasteiger partial charge on any atom is 0.266 e. The molecule has 0 unspecified atom stereocenters. The quantitative estimate of drug-likeness (QED) is 0.739. The second-order valence-electron chi connectivity index (χ2n) is 4.41. The average Bonchev–Trinajstić information content (AvgIpc) is 2.27. The third kappa shape index (κ3) is 2.74. The van der Waals surface area contributed by atoms with Crippen molar-refractivity contribution < 1.29 is 13.5 Å². The number of aromatic amines is 1. The highest BCUT2D eigenvalue weighted by atomic mass is 35.5. The Morgan fingerprint density at radius 3 is 2.67 bits per heavy atom. The van der Waals surface area contributed by atoms with E-state index in [1.54, 1.807) is 0 Å². The lowest BCUT2D eigenvalue weighted by Crippen LogP contribution is -2.47. The van der Waals surface area contributed by atoms with Gasteiger partial charge >= 0.3 is 0 Å². The monoisotopic (exact) mass is 292 g/mol. The van der Waals surface area contributed by atoms with Gasteiger partial charge in [0.15, 0.2) is 0 Å². The smallest absolute Gasteiger partial charge is 0.266 e. The number of sulfonamides is 1. The van der Waals surface area contributed by atoms with Crippen molar-refractivity contribution in [2.24, 2.45) is 0 Å². The highest BCUT2D eigenvalue weighted by molar-refractivity contribution is 7.89. The van der Waals surface area contributed by atoms with E-state index >= 15 is 0 Å². The van der Waals surface area contributed by atoms with E-state index in [-0.39, 0.29) is 16.5 Å². The molecule has 6 nitrogen and oxygen atoms in total. The van der Waals surface area contributed by atoms with Crippen molar-refractivity contribution in [1.29, 1.82) is 0 Å². The van der Waals surface area contributed by atoms with Crippen molar-refractivity contribution in [2.75, 3.05) is 6.54 Å². The third-order valence-electron chi connectivity index (χ3n) is 3.02. The molecule has 1 aliphatic rings. The Kier molecular flexibility index (Phi) is 3.50. The van der Waals surface area contributed by atoms with Crippen LogP contribution in [0, 0.1) is 0 Å². The summed E-state index contributed by atoms with van der Waals surface area (Å²) in [5.74, 6) is 0. The van der Waals surface area contributed by atoms with Crippen LogP contribution in [0.4, 0.5) is 0 Å². The highest BCUT2D eigenvalue weighted by Crippen LogP contribution is 2.31. The van der Waals surface area contributed by atoms with Crippen LogP contribution in [0.15, 0.2) is 22.0 Å².